The van der Waals surface area contributed by atoms with E-state index in [0.29, 0.717) is 24.8 Å². The Labute approximate surface area is 133 Å². The number of thioether (sulfide) groups is 1. The Morgan fingerprint density at radius 2 is 2.14 bits per heavy atom. The molecule has 1 atom stereocenters. The van der Waals surface area contributed by atoms with Crippen molar-refractivity contribution in [3.05, 3.63) is 11.1 Å². The lowest BCUT2D eigenvalue weighted by molar-refractivity contribution is -0.142. The minimum atomic E-state index is -0.276. The Hall–Kier alpha value is -1.08. The monoisotopic (exact) mass is 330 g/mol. The summed E-state index contributed by atoms with van der Waals surface area (Å²) >= 11 is 2.85. The predicted octanol–water partition coefficient (Wildman–Crippen LogP) is 2.50. The van der Waals surface area contributed by atoms with Crippen molar-refractivity contribution in [2.24, 2.45) is 5.92 Å². The van der Waals surface area contributed by atoms with Crippen LogP contribution in [0.1, 0.15) is 33.4 Å². The number of carbonyl (C=O) groups excluding carboxylic acids is 2. The maximum atomic E-state index is 11.9. The fourth-order valence-corrected chi connectivity index (χ4v) is 3.44. The van der Waals surface area contributed by atoms with Gasteiger partial charge >= 0.3 is 5.97 Å². The summed E-state index contributed by atoms with van der Waals surface area (Å²) in [5, 5.41) is 4.53. The highest BCUT2D eigenvalue weighted by molar-refractivity contribution is 8.02. The predicted molar refractivity (Wildman–Crippen MR) is 85.6 cm³/mol. The van der Waals surface area contributed by atoms with Gasteiger partial charge in [-0.2, -0.15) is 0 Å². The van der Waals surface area contributed by atoms with E-state index in [9.17, 15) is 9.59 Å². The van der Waals surface area contributed by atoms with Gasteiger partial charge in [0.25, 0.3) is 0 Å². The molecule has 0 saturated heterocycles. The highest BCUT2D eigenvalue weighted by Crippen LogP contribution is 2.27. The molecule has 1 amide bonds. The standard InChI is InChI=1S/C14H22N2O3S2/c1-5-19-12(17)6-11-8-20-14(16-11)21-10(4)13(18)15-7-9(2)3/h8-10H,5-7H2,1-4H3,(H,15,18)/t10-/m0/s1. The first-order valence-electron chi connectivity index (χ1n) is 6.96. The van der Waals surface area contributed by atoms with Crippen molar-refractivity contribution in [1.29, 1.82) is 0 Å². The van der Waals surface area contributed by atoms with Crippen LogP contribution in [0.4, 0.5) is 0 Å². The van der Waals surface area contributed by atoms with Gasteiger partial charge in [-0.3, -0.25) is 9.59 Å². The molecule has 0 aromatic carbocycles. The number of nitrogens with zero attached hydrogens (tertiary/aromatic N) is 1. The number of hydrogen-bond donors (Lipinski definition) is 1. The molecule has 1 N–H and O–H groups in total. The van der Waals surface area contributed by atoms with Crippen molar-refractivity contribution in [3.63, 3.8) is 0 Å². The molecule has 0 saturated carbocycles. The van der Waals surface area contributed by atoms with E-state index in [-0.39, 0.29) is 23.5 Å². The Balaban J connectivity index is 2.46. The molecule has 5 nitrogen and oxygen atoms in total. The highest BCUT2D eigenvalue weighted by atomic mass is 32.2. The van der Waals surface area contributed by atoms with Crippen LogP contribution in [0.5, 0.6) is 0 Å². The molecule has 0 aliphatic rings. The van der Waals surface area contributed by atoms with Gasteiger partial charge in [0.15, 0.2) is 4.34 Å². The van der Waals surface area contributed by atoms with Crippen molar-refractivity contribution in [2.45, 2.75) is 43.7 Å². The smallest absolute Gasteiger partial charge is 0.311 e. The zero-order valence-corrected chi connectivity index (χ0v) is 14.5. The summed E-state index contributed by atoms with van der Waals surface area (Å²) in [4.78, 5) is 27.6. The third-order valence-electron chi connectivity index (χ3n) is 2.49. The van der Waals surface area contributed by atoms with Crippen molar-refractivity contribution in [2.75, 3.05) is 13.2 Å². The largest absolute Gasteiger partial charge is 0.466 e. The summed E-state index contributed by atoms with van der Waals surface area (Å²) in [5.41, 5.74) is 0.690. The van der Waals surface area contributed by atoms with Crippen molar-refractivity contribution < 1.29 is 14.3 Å². The molecule has 0 spiro atoms. The van der Waals surface area contributed by atoms with Crippen molar-refractivity contribution >= 4 is 35.0 Å². The molecular formula is C14H22N2O3S2. The van der Waals surface area contributed by atoms with E-state index < -0.39 is 0 Å². The van der Waals surface area contributed by atoms with Crippen LogP contribution in [0, 0.1) is 5.92 Å². The second-order valence-electron chi connectivity index (χ2n) is 4.99. The Morgan fingerprint density at radius 3 is 2.76 bits per heavy atom. The minimum absolute atomic E-state index is 0.0100. The normalized spacial score (nSPS) is 12.2. The van der Waals surface area contributed by atoms with Gasteiger partial charge in [0.05, 0.1) is 24.0 Å². The van der Waals surface area contributed by atoms with Crippen LogP contribution in [0.25, 0.3) is 0 Å². The van der Waals surface area contributed by atoms with Crippen molar-refractivity contribution in [1.82, 2.24) is 10.3 Å². The average Bonchev–Trinajstić information content (AvgIpc) is 2.83. The lowest BCUT2D eigenvalue weighted by atomic mass is 10.2. The molecule has 7 heteroatoms. The van der Waals surface area contributed by atoms with E-state index in [1.54, 1.807) is 6.92 Å². The van der Waals surface area contributed by atoms with Crippen LogP contribution >= 0.6 is 23.1 Å². The third kappa shape index (κ3) is 6.95. The maximum Gasteiger partial charge on any atom is 0.311 e. The number of rotatable bonds is 8. The zero-order chi connectivity index (χ0) is 15.8. The number of carbonyl (C=O) groups is 2. The van der Waals surface area contributed by atoms with Gasteiger partial charge in [0.1, 0.15) is 0 Å². The van der Waals surface area contributed by atoms with E-state index >= 15 is 0 Å². The van der Waals surface area contributed by atoms with Crippen LogP contribution in [0.2, 0.25) is 0 Å². The lowest BCUT2D eigenvalue weighted by Crippen LogP contribution is -2.33. The van der Waals surface area contributed by atoms with Gasteiger partial charge < -0.3 is 10.1 Å². The maximum absolute atomic E-state index is 11.9. The summed E-state index contributed by atoms with van der Waals surface area (Å²) in [7, 11) is 0. The van der Waals surface area contributed by atoms with Gasteiger partial charge in [-0.05, 0) is 19.8 Å². The summed E-state index contributed by atoms with van der Waals surface area (Å²) in [6.07, 6.45) is 0.179. The lowest BCUT2D eigenvalue weighted by Gasteiger charge is -2.11. The SMILES string of the molecule is CCOC(=O)Cc1csc(S[C@@H](C)C(=O)NCC(C)C)n1. The topological polar surface area (TPSA) is 68.3 Å². The van der Waals surface area contributed by atoms with Crippen LogP contribution in [0.3, 0.4) is 0 Å². The third-order valence-corrected chi connectivity index (χ3v) is 4.61. The van der Waals surface area contributed by atoms with Crippen LogP contribution in [0.15, 0.2) is 9.72 Å². The molecule has 1 aromatic rings. The number of aromatic nitrogens is 1. The van der Waals surface area contributed by atoms with Crippen LogP contribution in [-0.2, 0) is 20.7 Å². The average molecular weight is 330 g/mol. The van der Waals surface area contributed by atoms with Gasteiger partial charge in [-0.25, -0.2) is 4.98 Å². The number of ether oxygens (including phenoxy) is 1. The summed E-state index contributed by atoms with van der Waals surface area (Å²) in [6.45, 7) is 8.79. The molecular weight excluding hydrogens is 308 g/mol. The van der Waals surface area contributed by atoms with E-state index in [1.165, 1.54) is 23.1 Å². The van der Waals surface area contributed by atoms with Gasteiger partial charge in [0.2, 0.25) is 5.91 Å². The number of hydrogen-bond acceptors (Lipinski definition) is 6. The highest BCUT2D eigenvalue weighted by Gasteiger charge is 2.17. The Kier molecular flexibility index (Phi) is 7.74. The number of thiazole rings is 1. The Bertz CT molecular complexity index is 475. The summed E-state index contributed by atoms with van der Waals surface area (Å²) < 4.78 is 5.68. The minimum Gasteiger partial charge on any atom is -0.466 e. The van der Waals surface area contributed by atoms with E-state index in [2.05, 4.69) is 24.1 Å². The molecule has 118 valence electrons. The summed E-state index contributed by atoms with van der Waals surface area (Å²) in [6, 6.07) is 0. The second kappa shape index (κ2) is 9.04. The summed E-state index contributed by atoms with van der Waals surface area (Å²) in [5.74, 6) is 0.167. The van der Waals surface area contributed by atoms with Crippen molar-refractivity contribution in [3.8, 4) is 0 Å². The van der Waals surface area contributed by atoms with E-state index in [0.717, 1.165) is 4.34 Å². The number of amides is 1. The molecule has 1 rings (SSSR count). The molecule has 0 bridgehead atoms. The molecule has 1 aromatic heterocycles. The first-order chi connectivity index (χ1) is 9.92. The molecule has 0 fully saturated rings. The van der Waals surface area contributed by atoms with Crippen LogP contribution < -0.4 is 5.32 Å². The quantitative estimate of drug-likeness (QED) is 0.586. The molecule has 1 heterocycles. The fraction of sp³-hybridized carbons (Fsp3) is 0.643. The van der Waals surface area contributed by atoms with E-state index in [1.807, 2.05) is 12.3 Å². The molecule has 0 unspecified atom stereocenters. The van der Waals surface area contributed by atoms with E-state index in [4.69, 9.17) is 4.74 Å². The second-order valence-corrected chi connectivity index (χ2v) is 7.43. The van der Waals surface area contributed by atoms with Gasteiger partial charge in [-0.1, -0.05) is 25.6 Å². The molecule has 0 aliphatic heterocycles. The molecule has 0 aliphatic carbocycles. The van der Waals surface area contributed by atoms with Gasteiger partial charge in [-0.15, -0.1) is 11.3 Å². The Morgan fingerprint density at radius 1 is 1.43 bits per heavy atom. The first-order valence-corrected chi connectivity index (χ1v) is 8.72. The van der Waals surface area contributed by atoms with Crippen LogP contribution in [-0.4, -0.2) is 35.3 Å². The first kappa shape index (κ1) is 18.0. The number of nitrogens with one attached hydrogen (secondary N) is 1. The molecule has 21 heavy (non-hydrogen) atoms. The van der Waals surface area contributed by atoms with Gasteiger partial charge in [0, 0.05) is 11.9 Å². The number of esters is 1. The zero-order valence-electron chi connectivity index (χ0n) is 12.8. The fourth-order valence-electron chi connectivity index (χ4n) is 1.44. The molecule has 0 radical (unpaired) electrons.